The second kappa shape index (κ2) is 11.4. The molecule has 2 aliphatic rings. The summed E-state index contributed by atoms with van der Waals surface area (Å²) in [5.41, 5.74) is 13.7. The van der Waals surface area contributed by atoms with Crippen LogP contribution in [-0.4, -0.2) is 9.52 Å². The molecule has 4 heteroatoms. The molecule has 210 valence electrons. The third kappa shape index (κ3) is 5.12. The summed E-state index contributed by atoms with van der Waals surface area (Å²) in [6.45, 7) is 13.7. The van der Waals surface area contributed by atoms with Gasteiger partial charge in [0.25, 0.3) is 0 Å². The summed E-state index contributed by atoms with van der Waals surface area (Å²) in [6, 6.07) is 27.6. The molecule has 1 heterocycles. The Morgan fingerprint density at radius 1 is 0.829 bits per heavy atom. The molecule has 0 saturated heterocycles. The molecule has 41 heavy (non-hydrogen) atoms. The second-order valence-electron chi connectivity index (χ2n) is 12.6. The molecular weight excluding hydrogens is 635 g/mol. The van der Waals surface area contributed by atoms with Crippen molar-refractivity contribution in [2.75, 3.05) is 0 Å². The van der Waals surface area contributed by atoms with Crippen molar-refractivity contribution in [1.82, 2.24) is 0 Å². The molecule has 0 N–H and O–H groups in total. The minimum absolute atomic E-state index is 0.129. The van der Waals surface area contributed by atoms with Gasteiger partial charge in [0.2, 0.25) is 0 Å². The molecule has 1 aliphatic heterocycles. The maximum atomic E-state index is 7.88. The fourth-order valence-electron chi connectivity index (χ4n) is 7.05. The van der Waals surface area contributed by atoms with Crippen molar-refractivity contribution < 1.29 is 17.9 Å². The standard InChI is InChI=1S/C25H31.C12H9Si.2ClH.Zr/c1-7-8-19-11-20-10-9-18(6)25(24(20)12-19)23-14-21(16(2)3)13-22(15-23)17(4)5;1-3-7-11-9(5-1)10-6-2-4-8-12(10)13-11;;;/h9-17H,7-8H2,1-6H3;1-7H,13H2;2*1H;/q;;;;+2/p-2. The van der Waals surface area contributed by atoms with Crippen molar-refractivity contribution in [2.45, 2.75) is 69.8 Å². The van der Waals surface area contributed by atoms with Gasteiger partial charge >= 0.3 is 262 Å². The summed E-state index contributed by atoms with van der Waals surface area (Å²) in [5.74, 6) is 0.956. The van der Waals surface area contributed by atoms with Crippen LogP contribution in [0.25, 0.3) is 28.3 Å². The van der Waals surface area contributed by atoms with E-state index in [9.17, 15) is 0 Å². The first-order chi connectivity index (χ1) is 19.6. The Labute approximate surface area is 260 Å². The second-order valence-corrected chi connectivity index (χ2v) is 28.5. The number of hydrogen-bond acceptors (Lipinski definition) is 0. The number of fused-ring (bicyclic) bond motifs is 4. The first-order valence-corrected chi connectivity index (χ1v) is 25.6. The molecule has 0 amide bonds. The Morgan fingerprint density at radius 3 is 2.20 bits per heavy atom. The molecule has 0 bridgehead atoms. The molecule has 1 aliphatic carbocycles. The zero-order valence-corrected chi connectivity index (χ0v) is 30.5. The summed E-state index contributed by atoms with van der Waals surface area (Å²) < 4.78 is 1.44. The Morgan fingerprint density at radius 2 is 1.51 bits per heavy atom. The molecular formula is C37H40Cl2SiZr. The van der Waals surface area contributed by atoms with Crippen LogP contribution in [0.3, 0.4) is 0 Å². The molecule has 4 aromatic rings. The van der Waals surface area contributed by atoms with E-state index in [4.69, 9.17) is 17.0 Å². The summed E-state index contributed by atoms with van der Waals surface area (Å²) in [5, 5.41) is 3.02. The van der Waals surface area contributed by atoms with Gasteiger partial charge in [-0.3, -0.25) is 0 Å². The Bertz CT molecular complexity index is 1650. The molecule has 1 unspecified atom stereocenters. The monoisotopic (exact) mass is 672 g/mol. The molecule has 4 aromatic carbocycles. The Hall–Kier alpha value is -1.70. The number of allylic oxidation sites excluding steroid dienone is 1. The molecule has 0 fully saturated rings. The number of halogens is 2. The Balaban J connectivity index is 1.53. The zero-order chi connectivity index (χ0) is 29.1. The van der Waals surface area contributed by atoms with Gasteiger partial charge in [0, 0.05) is 0 Å². The average Bonchev–Trinajstić information content (AvgIpc) is 3.51. The van der Waals surface area contributed by atoms with Gasteiger partial charge in [0.05, 0.1) is 0 Å². The summed E-state index contributed by atoms with van der Waals surface area (Å²) in [4.78, 5) is 0. The van der Waals surface area contributed by atoms with Gasteiger partial charge in [-0.15, -0.1) is 0 Å². The van der Waals surface area contributed by atoms with E-state index in [0.29, 0.717) is 11.8 Å². The van der Waals surface area contributed by atoms with Crippen molar-refractivity contribution in [3.05, 3.63) is 106 Å². The van der Waals surface area contributed by atoms with Gasteiger partial charge in [0.15, 0.2) is 0 Å². The predicted molar refractivity (Wildman–Crippen MR) is 181 cm³/mol. The van der Waals surface area contributed by atoms with E-state index in [2.05, 4.69) is 120 Å². The van der Waals surface area contributed by atoms with Crippen LogP contribution in [0.5, 0.6) is 0 Å². The average molecular weight is 675 g/mol. The van der Waals surface area contributed by atoms with Gasteiger partial charge < -0.3 is 0 Å². The third-order valence-corrected chi connectivity index (χ3v) is 23.6. The van der Waals surface area contributed by atoms with E-state index in [1.807, 2.05) is 0 Å². The van der Waals surface area contributed by atoms with Crippen LogP contribution in [0, 0.1) is 6.92 Å². The van der Waals surface area contributed by atoms with Gasteiger partial charge in [-0.2, -0.15) is 0 Å². The van der Waals surface area contributed by atoms with Crippen molar-refractivity contribution in [2.24, 2.45) is 0 Å². The minimum atomic E-state index is -3.97. The molecule has 0 spiro atoms. The first-order valence-electron chi connectivity index (χ1n) is 15.2. The normalized spacial score (nSPS) is 16.3. The topological polar surface area (TPSA) is 0 Å². The van der Waals surface area contributed by atoms with Crippen LogP contribution < -0.4 is 13.6 Å². The summed E-state index contributed by atoms with van der Waals surface area (Å²) >= 11 is -3.97. The number of benzene rings is 4. The van der Waals surface area contributed by atoms with Crippen LogP contribution >= 0.6 is 17.0 Å². The van der Waals surface area contributed by atoms with Crippen LogP contribution in [0.15, 0.2) is 78.4 Å². The van der Waals surface area contributed by atoms with Crippen molar-refractivity contribution in [1.29, 1.82) is 0 Å². The van der Waals surface area contributed by atoms with Gasteiger partial charge in [0.1, 0.15) is 0 Å². The Kier molecular flexibility index (Phi) is 8.18. The van der Waals surface area contributed by atoms with Gasteiger partial charge in [-0.25, -0.2) is 0 Å². The maximum absolute atomic E-state index is 7.88. The summed E-state index contributed by atoms with van der Waals surface area (Å²) in [7, 11) is 15.1. The fourth-order valence-corrected chi connectivity index (χ4v) is 23.9. The van der Waals surface area contributed by atoms with E-state index >= 15 is 0 Å². The van der Waals surface area contributed by atoms with E-state index in [1.165, 1.54) is 69.3 Å². The van der Waals surface area contributed by atoms with Crippen molar-refractivity contribution in [3.8, 4) is 22.3 Å². The molecule has 0 saturated carbocycles. The van der Waals surface area contributed by atoms with Crippen LogP contribution in [-0.2, 0) is 17.9 Å². The number of rotatable bonds is 7. The number of hydrogen-bond donors (Lipinski definition) is 0. The van der Waals surface area contributed by atoms with E-state index in [0.717, 1.165) is 12.8 Å². The zero-order valence-electron chi connectivity index (χ0n) is 25.1. The van der Waals surface area contributed by atoms with Crippen LogP contribution in [0.1, 0.15) is 90.7 Å². The van der Waals surface area contributed by atoms with Crippen LogP contribution in [0.4, 0.5) is 0 Å². The molecule has 0 radical (unpaired) electrons. The van der Waals surface area contributed by atoms with Gasteiger partial charge in [-0.05, 0) is 0 Å². The molecule has 0 aromatic heterocycles. The van der Waals surface area contributed by atoms with Gasteiger partial charge in [-0.1, -0.05) is 0 Å². The third-order valence-electron chi connectivity index (χ3n) is 9.21. The molecule has 0 nitrogen and oxygen atoms in total. The number of aryl methyl sites for hydroxylation is 1. The molecule has 1 atom stereocenters. The molecule has 6 rings (SSSR count). The van der Waals surface area contributed by atoms with Crippen molar-refractivity contribution >= 4 is 46.3 Å². The van der Waals surface area contributed by atoms with E-state index < -0.39 is 27.4 Å². The summed E-state index contributed by atoms with van der Waals surface area (Å²) in [6.07, 6.45) is 4.61. The van der Waals surface area contributed by atoms with Crippen LogP contribution in [0.2, 0.25) is 0 Å². The van der Waals surface area contributed by atoms with Crippen molar-refractivity contribution in [3.63, 3.8) is 0 Å². The van der Waals surface area contributed by atoms with E-state index in [-0.39, 0.29) is 3.63 Å². The SMILES string of the molecule is CCCC1=Cc2c(ccc(C)c2-c2cc(C(C)C)cc(C(C)C)c2)[CH]1[Zr]([Cl])([Cl])[c]1cccc2c1[SiH2]c1ccccc1-2. The fraction of sp³-hybridized carbons (Fsp3) is 0.297. The van der Waals surface area contributed by atoms with E-state index in [1.54, 1.807) is 0 Å². The predicted octanol–water partition coefficient (Wildman–Crippen LogP) is 9.03. The quantitative estimate of drug-likeness (QED) is 0.151. The first kappa shape index (κ1) is 29.4.